The molecule has 2 aromatic rings. The van der Waals surface area contributed by atoms with Crippen molar-refractivity contribution < 1.29 is 5.11 Å². The van der Waals surface area contributed by atoms with Crippen molar-refractivity contribution in [1.82, 2.24) is 14.8 Å². The van der Waals surface area contributed by atoms with Crippen LogP contribution in [0, 0.1) is 31.6 Å². The maximum absolute atomic E-state index is 10.7. The first kappa shape index (κ1) is 15.3. The molecule has 0 amide bonds. The van der Waals surface area contributed by atoms with Gasteiger partial charge in [0, 0.05) is 10.9 Å². The van der Waals surface area contributed by atoms with E-state index in [4.69, 9.17) is 11.6 Å². The normalized spacial score (nSPS) is 17.8. The summed E-state index contributed by atoms with van der Waals surface area (Å²) in [5.74, 6) is 1.04. The molecule has 0 bridgehead atoms. The number of nitrogens with zero attached hydrogens (tertiary/aromatic N) is 3. The summed E-state index contributed by atoms with van der Waals surface area (Å²) in [7, 11) is 0. The van der Waals surface area contributed by atoms with E-state index in [1.165, 1.54) is 6.33 Å². The van der Waals surface area contributed by atoms with Gasteiger partial charge in [-0.25, -0.2) is 9.67 Å². The first-order valence-corrected chi connectivity index (χ1v) is 7.28. The number of benzene rings is 1. The number of hydrogen-bond acceptors (Lipinski definition) is 3. The Kier molecular flexibility index (Phi) is 4.90. The quantitative estimate of drug-likeness (QED) is 0.923. The number of allylic oxidation sites excluding steroid dienone is 1. The minimum atomic E-state index is -0.752. The molecule has 1 heterocycles. The highest BCUT2D eigenvalue weighted by Crippen LogP contribution is 2.31. The Bertz CT molecular complexity index is 633. The average Bonchev–Trinajstić information content (AvgIpc) is 3.19. The molecule has 5 radical (unpaired) electrons. The highest BCUT2D eigenvalue weighted by atomic mass is 35.5. The molecule has 1 aromatic carbocycles. The van der Waals surface area contributed by atoms with Crippen molar-refractivity contribution in [1.29, 1.82) is 0 Å². The van der Waals surface area contributed by atoms with Crippen LogP contribution in [0.2, 0.25) is 5.02 Å². The SMILES string of the molecule is OC(/C(=C/[C]1[CH][CH][CH][CH]1)Cn1cncn1)c1cccc(Cl)c1. The first-order valence-electron chi connectivity index (χ1n) is 6.90. The maximum Gasteiger partial charge on any atom is 0.137 e. The topological polar surface area (TPSA) is 50.9 Å². The molecule has 3 rings (SSSR count). The number of rotatable bonds is 5. The van der Waals surface area contributed by atoms with Crippen LogP contribution in [0.1, 0.15) is 11.7 Å². The molecule has 1 fully saturated rings. The molecular weight excluding hydrogens is 298 g/mol. The van der Waals surface area contributed by atoms with Crippen molar-refractivity contribution in [2.75, 3.05) is 0 Å². The van der Waals surface area contributed by atoms with Gasteiger partial charge in [-0.2, -0.15) is 5.10 Å². The summed E-state index contributed by atoms with van der Waals surface area (Å²) in [4.78, 5) is 3.94. The van der Waals surface area contributed by atoms with Crippen molar-refractivity contribution in [2.45, 2.75) is 12.6 Å². The summed E-state index contributed by atoms with van der Waals surface area (Å²) in [6.45, 7) is 0.457. The zero-order valence-electron chi connectivity index (χ0n) is 11.8. The lowest BCUT2D eigenvalue weighted by Crippen LogP contribution is -2.11. The van der Waals surface area contributed by atoms with Gasteiger partial charge in [-0.15, -0.1) is 0 Å². The lowest BCUT2D eigenvalue weighted by atomic mass is 9.96. The van der Waals surface area contributed by atoms with Crippen LogP contribution in [0.15, 0.2) is 48.6 Å². The number of aromatic nitrogens is 3. The minimum absolute atomic E-state index is 0.457. The fraction of sp³-hybridized carbons (Fsp3) is 0.118. The van der Waals surface area contributed by atoms with Crippen LogP contribution in [0.3, 0.4) is 0 Å². The molecular formula is C17H15ClN3O. The van der Waals surface area contributed by atoms with Crippen molar-refractivity contribution >= 4 is 11.6 Å². The fourth-order valence-corrected chi connectivity index (χ4v) is 2.50. The molecule has 1 atom stereocenters. The molecule has 111 valence electrons. The van der Waals surface area contributed by atoms with Crippen LogP contribution in [0.5, 0.6) is 0 Å². The Hall–Kier alpha value is -1.65. The van der Waals surface area contributed by atoms with E-state index >= 15 is 0 Å². The standard InChI is InChI=1S/C17H15ClN3O/c18-16-7-3-6-14(9-16)17(22)15(8-13-4-1-2-5-13)10-21-12-19-11-20-21/h1-9,11-12,17,22H,10H2/b15-8+. The molecule has 1 aliphatic rings. The molecule has 1 N–H and O–H groups in total. The molecule has 4 nitrogen and oxygen atoms in total. The van der Waals surface area contributed by atoms with E-state index in [9.17, 15) is 5.11 Å². The Morgan fingerprint density at radius 2 is 2.14 bits per heavy atom. The van der Waals surface area contributed by atoms with Gasteiger partial charge in [-0.05, 0) is 49.0 Å². The summed E-state index contributed by atoms with van der Waals surface area (Å²) in [5.41, 5.74) is 1.57. The van der Waals surface area contributed by atoms with E-state index < -0.39 is 6.10 Å². The Morgan fingerprint density at radius 3 is 2.82 bits per heavy atom. The van der Waals surface area contributed by atoms with Gasteiger partial charge < -0.3 is 5.11 Å². The van der Waals surface area contributed by atoms with Gasteiger partial charge in [0.1, 0.15) is 18.8 Å². The third kappa shape index (κ3) is 3.76. The van der Waals surface area contributed by atoms with Gasteiger partial charge in [-0.3, -0.25) is 0 Å². The first-order chi connectivity index (χ1) is 10.7. The van der Waals surface area contributed by atoms with Crippen LogP contribution >= 0.6 is 11.6 Å². The van der Waals surface area contributed by atoms with Crippen molar-refractivity contribution in [3.63, 3.8) is 0 Å². The molecule has 0 saturated heterocycles. The summed E-state index contributed by atoms with van der Waals surface area (Å²) in [6.07, 6.45) is 12.2. The van der Waals surface area contributed by atoms with Gasteiger partial charge in [0.05, 0.1) is 6.54 Å². The zero-order valence-corrected chi connectivity index (χ0v) is 12.6. The second-order valence-corrected chi connectivity index (χ2v) is 5.42. The van der Waals surface area contributed by atoms with Crippen LogP contribution in [-0.2, 0) is 6.54 Å². The van der Waals surface area contributed by atoms with E-state index in [0.717, 1.165) is 17.1 Å². The van der Waals surface area contributed by atoms with E-state index in [1.54, 1.807) is 23.1 Å². The highest BCUT2D eigenvalue weighted by molar-refractivity contribution is 6.30. The Balaban J connectivity index is 1.86. The maximum atomic E-state index is 10.7. The predicted molar refractivity (Wildman–Crippen MR) is 85.0 cm³/mol. The van der Waals surface area contributed by atoms with Gasteiger partial charge in [0.25, 0.3) is 0 Å². The summed E-state index contributed by atoms with van der Waals surface area (Å²) in [5, 5.41) is 15.4. The van der Waals surface area contributed by atoms with E-state index in [1.807, 2.05) is 43.9 Å². The Morgan fingerprint density at radius 1 is 1.32 bits per heavy atom. The number of hydrogen-bond donors (Lipinski definition) is 1. The van der Waals surface area contributed by atoms with Gasteiger partial charge in [0.2, 0.25) is 0 Å². The summed E-state index contributed by atoms with van der Waals surface area (Å²) >= 11 is 6.02. The van der Waals surface area contributed by atoms with Crippen molar-refractivity contribution in [3.8, 4) is 0 Å². The van der Waals surface area contributed by atoms with E-state index in [2.05, 4.69) is 10.1 Å². The molecule has 1 aromatic heterocycles. The smallest absolute Gasteiger partial charge is 0.137 e. The van der Waals surface area contributed by atoms with Crippen LogP contribution in [0.4, 0.5) is 0 Å². The van der Waals surface area contributed by atoms with Crippen molar-refractivity contribution in [3.05, 3.63) is 90.8 Å². The van der Waals surface area contributed by atoms with Crippen molar-refractivity contribution in [2.24, 2.45) is 0 Å². The number of aliphatic hydroxyl groups excluding tert-OH is 1. The molecule has 0 spiro atoms. The lowest BCUT2D eigenvalue weighted by Gasteiger charge is -2.17. The second kappa shape index (κ2) is 7.07. The third-order valence-corrected chi connectivity index (χ3v) is 3.60. The average molecular weight is 313 g/mol. The number of halogens is 1. The Labute approximate surface area is 135 Å². The van der Waals surface area contributed by atoms with Crippen LogP contribution in [-0.4, -0.2) is 19.9 Å². The predicted octanol–water partition coefficient (Wildman–Crippen LogP) is 3.00. The largest absolute Gasteiger partial charge is 0.384 e. The van der Waals surface area contributed by atoms with Crippen LogP contribution in [0.25, 0.3) is 0 Å². The van der Waals surface area contributed by atoms with E-state index in [0.29, 0.717) is 11.6 Å². The van der Waals surface area contributed by atoms with Crippen LogP contribution < -0.4 is 0 Å². The minimum Gasteiger partial charge on any atom is -0.384 e. The monoisotopic (exact) mass is 312 g/mol. The molecule has 5 heteroatoms. The van der Waals surface area contributed by atoms with Gasteiger partial charge >= 0.3 is 0 Å². The lowest BCUT2D eigenvalue weighted by molar-refractivity contribution is 0.208. The summed E-state index contributed by atoms with van der Waals surface area (Å²) < 4.78 is 1.68. The molecule has 0 aliphatic heterocycles. The van der Waals surface area contributed by atoms with E-state index in [-0.39, 0.29) is 0 Å². The molecule has 1 unspecified atom stereocenters. The third-order valence-electron chi connectivity index (χ3n) is 3.37. The second-order valence-electron chi connectivity index (χ2n) is 4.99. The number of aliphatic hydroxyl groups is 1. The molecule has 1 saturated carbocycles. The molecule has 22 heavy (non-hydrogen) atoms. The zero-order chi connectivity index (χ0) is 15.4. The highest BCUT2D eigenvalue weighted by Gasteiger charge is 2.20. The van der Waals surface area contributed by atoms with Gasteiger partial charge in [-0.1, -0.05) is 29.8 Å². The van der Waals surface area contributed by atoms with Gasteiger partial charge in [0.15, 0.2) is 0 Å². The molecule has 1 aliphatic carbocycles. The summed E-state index contributed by atoms with van der Waals surface area (Å²) in [6, 6.07) is 7.25. The fourth-order valence-electron chi connectivity index (χ4n) is 2.30.